The van der Waals surface area contributed by atoms with E-state index in [1.165, 1.54) is 13.2 Å². The van der Waals surface area contributed by atoms with Gasteiger partial charge >= 0.3 is 5.97 Å². The fourth-order valence-corrected chi connectivity index (χ4v) is 1.44. The highest BCUT2D eigenvalue weighted by Gasteiger charge is 2.06. The Morgan fingerprint density at radius 1 is 1.35 bits per heavy atom. The van der Waals surface area contributed by atoms with E-state index in [-0.39, 0.29) is 5.97 Å². The summed E-state index contributed by atoms with van der Waals surface area (Å²) in [6.07, 6.45) is 7.41. The van der Waals surface area contributed by atoms with Gasteiger partial charge in [0.2, 0.25) is 0 Å². The Hall–Kier alpha value is -1.53. The molecule has 0 aromatic heterocycles. The largest absolute Gasteiger partial charge is 0.466 e. The number of allylic oxidation sites excluding steroid dienone is 4. The first-order valence-electron chi connectivity index (χ1n) is 5.47. The summed E-state index contributed by atoms with van der Waals surface area (Å²) >= 11 is 0. The lowest BCUT2D eigenvalue weighted by atomic mass is 10.1. The van der Waals surface area contributed by atoms with Crippen molar-refractivity contribution in [2.24, 2.45) is 0 Å². The van der Waals surface area contributed by atoms with Crippen LogP contribution in [-0.4, -0.2) is 21.2 Å². The molecule has 0 spiro atoms. The fraction of sp³-hybridized carbons (Fsp3) is 0.357. The van der Waals surface area contributed by atoms with Gasteiger partial charge in [-0.1, -0.05) is 37.7 Å². The van der Waals surface area contributed by atoms with Crippen molar-refractivity contribution in [2.45, 2.75) is 26.1 Å². The average molecular weight is 248 g/mol. The summed E-state index contributed by atoms with van der Waals surface area (Å²) in [6, 6.07) is 0. The lowest BCUT2D eigenvalue weighted by Gasteiger charge is -2.02. The van der Waals surface area contributed by atoms with Crippen LogP contribution < -0.4 is 0 Å². The second kappa shape index (κ2) is 7.69. The number of carbonyl (C=O) groups excluding carboxylic acids is 1. The monoisotopic (exact) mass is 248 g/mol. The van der Waals surface area contributed by atoms with Crippen LogP contribution in [0.3, 0.4) is 0 Å². The molecule has 0 rings (SSSR count). The maximum atomic E-state index is 11.0. The highest BCUT2D eigenvalue weighted by atomic mass is 28.3. The van der Waals surface area contributed by atoms with Gasteiger partial charge in [-0.05, 0) is 18.1 Å². The predicted molar refractivity (Wildman–Crippen MR) is 75.2 cm³/mol. The zero-order valence-electron chi connectivity index (χ0n) is 11.0. The van der Waals surface area contributed by atoms with Gasteiger partial charge in [-0.25, -0.2) is 4.79 Å². The minimum Gasteiger partial charge on any atom is -0.466 e. The number of methoxy groups -OCH3 is 1. The van der Waals surface area contributed by atoms with Crippen molar-refractivity contribution >= 4 is 14.0 Å². The van der Waals surface area contributed by atoms with Gasteiger partial charge in [0.05, 0.1) is 7.11 Å². The lowest BCUT2D eigenvalue weighted by Crippen LogP contribution is -2.16. The molecule has 0 radical (unpaired) electrons. The Balaban J connectivity index is 4.78. The van der Waals surface area contributed by atoms with Crippen LogP contribution in [0.15, 0.2) is 36.5 Å². The summed E-state index contributed by atoms with van der Waals surface area (Å²) in [6.45, 7) is 10.2. The molecule has 0 aliphatic heterocycles. The molecular formula is C14H20O2Si. The van der Waals surface area contributed by atoms with Gasteiger partial charge in [-0.2, -0.15) is 0 Å². The molecule has 0 aliphatic rings. The molecule has 3 heteroatoms. The molecule has 0 atom stereocenters. The quantitative estimate of drug-likeness (QED) is 0.191. The summed E-state index contributed by atoms with van der Waals surface area (Å²) in [4.78, 5) is 11.0. The molecule has 92 valence electrons. The standard InChI is InChI=1S/C14H20O2Si/c1-6-8-13(10-11-14(15)16-2)9-7-12-17(3,4)5/h6,9-11H,1,8H2,2-5H3/b11-10+,13-9-. The second-order valence-corrected chi connectivity index (χ2v) is 9.34. The van der Waals surface area contributed by atoms with E-state index in [4.69, 9.17) is 0 Å². The third kappa shape index (κ3) is 9.40. The van der Waals surface area contributed by atoms with Crippen molar-refractivity contribution in [3.63, 3.8) is 0 Å². The van der Waals surface area contributed by atoms with E-state index in [0.717, 1.165) is 5.57 Å². The lowest BCUT2D eigenvalue weighted by molar-refractivity contribution is -0.134. The van der Waals surface area contributed by atoms with Crippen LogP contribution in [0, 0.1) is 11.5 Å². The van der Waals surface area contributed by atoms with Crippen molar-refractivity contribution in [3.05, 3.63) is 36.5 Å². The van der Waals surface area contributed by atoms with E-state index in [0.29, 0.717) is 6.42 Å². The average Bonchev–Trinajstić information content (AvgIpc) is 2.23. The van der Waals surface area contributed by atoms with Crippen LogP contribution in [0.1, 0.15) is 6.42 Å². The Labute approximate surface area is 105 Å². The maximum Gasteiger partial charge on any atom is 0.330 e. The Bertz CT molecular complexity index is 387. The first-order valence-corrected chi connectivity index (χ1v) is 8.97. The molecular weight excluding hydrogens is 228 g/mol. The van der Waals surface area contributed by atoms with Crippen molar-refractivity contribution < 1.29 is 9.53 Å². The van der Waals surface area contributed by atoms with Crippen LogP contribution in [0.4, 0.5) is 0 Å². The zero-order valence-corrected chi connectivity index (χ0v) is 12.0. The first kappa shape index (κ1) is 15.5. The molecule has 0 saturated heterocycles. The summed E-state index contributed by atoms with van der Waals surface area (Å²) in [7, 11) is 0.00983. The van der Waals surface area contributed by atoms with Crippen LogP contribution in [0.5, 0.6) is 0 Å². The van der Waals surface area contributed by atoms with Crippen LogP contribution in [0.2, 0.25) is 19.6 Å². The van der Waals surface area contributed by atoms with E-state index < -0.39 is 8.07 Å². The van der Waals surface area contributed by atoms with E-state index in [1.54, 1.807) is 12.2 Å². The normalized spacial score (nSPS) is 11.9. The molecule has 17 heavy (non-hydrogen) atoms. The van der Waals surface area contributed by atoms with Crippen molar-refractivity contribution in [1.82, 2.24) is 0 Å². The minimum atomic E-state index is -1.35. The SMILES string of the molecule is C=CCC(=C/C#C[Si](C)(C)C)/C=C/C(=O)OC. The van der Waals surface area contributed by atoms with Gasteiger partial charge in [-0.15, -0.1) is 12.1 Å². The predicted octanol–water partition coefficient (Wildman–Crippen LogP) is 3.10. The fourth-order valence-electron chi connectivity index (χ4n) is 0.930. The number of rotatable bonds is 4. The van der Waals surface area contributed by atoms with Crippen molar-refractivity contribution in [3.8, 4) is 11.5 Å². The Kier molecular flexibility index (Phi) is 7.00. The van der Waals surface area contributed by atoms with Gasteiger partial charge in [0, 0.05) is 6.08 Å². The molecule has 0 aromatic carbocycles. The molecule has 0 aliphatic carbocycles. The van der Waals surface area contributed by atoms with Gasteiger partial charge < -0.3 is 4.74 Å². The number of hydrogen-bond donors (Lipinski definition) is 0. The summed E-state index contributed by atoms with van der Waals surface area (Å²) < 4.78 is 4.53. The molecule has 0 bridgehead atoms. The molecule has 2 nitrogen and oxygen atoms in total. The Morgan fingerprint density at radius 2 is 2.00 bits per heavy atom. The molecule has 0 heterocycles. The number of hydrogen-bond acceptors (Lipinski definition) is 2. The molecule has 0 N–H and O–H groups in total. The van der Waals surface area contributed by atoms with E-state index in [1.807, 2.05) is 6.08 Å². The highest BCUT2D eigenvalue weighted by molar-refractivity contribution is 6.83. The minimum absolute atomic E-state index is 0.363. The number of ether oxygens (including phenoxy) is 1. The third-order valence-corrected chi connectivity index (χ3v) is 2.61. The van der Waals surface area contributed by atoms with Gasteiger partial charge in [0.15, 0.2) is 0 Å². The number of carbonyl (C=O) groups is 1. The van der Waals surface area contributed by atoms with Gasteiger partial charge in [0.25, 0.3) is 0 Å². The van der Waals surface area contributed by atoms with E-state index >= 15 is 0 Å². The van der Waals surface area contributed by atoms with Crippen LogP contribution in [0.25, 0.3) is 0 Å². The highest BCUT2D eigenvalue weighted by Crippen LogP contribution is 2.04. The van der Waals surface area contributed by atoms with Gasteiger partial charge in [0.1, 0.15) is 8.07 Å². The molecule has 0 saturated carbocycles. The summed E-state index contributed by atoms with van der Waals surface area (Å²) in [5.74, 6) is 2.69. The van der Waals surface area contributed by atoms with Crippen molar-refractivity contribution in [2.75, 3.05) is 7.11 Å². The molecule has 0 aromatic rings. The smallest absolute Gasteiger partial charge is 0.330 e. The van der Waals surface area contributed by atoms with Crippen molar-refractivity contribution in [1.29, 1.82) is 0 Å². The second-order valence-electron chi connectivity index (χ2n) is 4.59. The van der Waals surface area contributed by atoms with Gasteiger partial charge in [-0.3, -0.25) is 0 Å². The van der Waals surface area contributed by atoms with Crippen LogP contribution >= 0.6 is 0 Å². The zero-order chi connectivity index (χ0) is 13.3. The topological polar surface area (TPSA) is 26.3 Å². The molecule has 0 amide bonds. The Morgan fingerprint density at radius 3 is 2.47 bits per heavy atom. The van der Waals surface area contributed by atoms with E-state index in [2.05, 4.69) is 42.4 Å². The van der Waals surface area contributed by atoms with E-state index in [9.17, 15) is 4.79 Å². The summed E-state index contributed by atoms with van der Waals surface area (Å²) in [5.41, 5.74) is 4.20. The maximum absolute atomic E-state index is 11.0. The van der Waals surface area contributed by atoms with Crippen LogP contribution in [-0.2, 0) is 9.53 Å². The first-order chi connectivity index (χ1) is 7.89. The molecule has 0 unspecified atom stereocenters. The molecule has 0 fully saturated rings. The number of esters is 1. The third-order valence-electron chi connectivity index (χ3n) is 1.72. The summed E-state index contributed by atoms with van der Waals surface area (Å²) in [5, 5.41) is 0.